The highest BCUT2D eigenvalue weighted by Gasteiger charge is 2.21. The van der Waals surface area contributed by atoms with Crippen LogP contribution in [0, 0.1) is 0 Å². The summed E-state index contributed by atoms with van der Waals surface area (Å²) in [6, 6.07) is 19.4. The Morgan fingerprint density at radius 2 is 1.52 bits per heavy atom. The van der Waals surface area contributed by atoms with Crippen LogP contribution in [0.5, 0.6) is 0 Å². The topological polar surface area (TPSA) is 46.5 Å². The highest BCUT2D eigenvalue weighted by atomic mass is 16.5. The number of benzene rings is 2. The molecule has 0 aliphatic rings. The first kappa shape index (κ1) is 15.3. The molecule has 3 nitrogen and oxygen atoms in total. The van der Waals surface area contributed by atoms with Crippen LogP contribution in [0.4, 0.5) is 0 Å². The molecule has 2 aromatic rings. The molecule has 0 aliphatic carbocycles. The van der Waals surface area contributed by atoms with Crippen LogP contribution >= 0.6 is 0 Å². The number of carbonyl (C=O) groups excluding carboxylic acids is 1. The summed E-state index contributed by atoms with van der Waals surface area (Å²) < 4.78 is 5.44. The summed E-state index contributed by atoms with van der Waals surface area (Å²) in [5, 5.41) is 9.67. The summed E-state index contributed by atoms with van der Waals surface area (Å²) in [6.45, 7) is 1.43. The van der Waals surface area contributed by atoms with E-state index in [9.17, 15) is 9.90 Å². The fraction of sp³-hybridized carbons (Fsp3) is 0.278. The Labute approximate surface area is 125 Å². The minimum Gasteiger partial charge on any atom is -0.458 e. The van der Waals surface area contributed by atoms with Gasteiger partial charge in [-0.15, -0.1) is 0 Å². The molecular formula is C18H20O3. The lowest BCUT2D eigenvalue weighted by Gasteiger charge is -2.23. The van der Waals surface area contributed by atoms with Gasteiger partial charge in [0.25, 0.3) is 0 Å². The minimum absolute atomic E-state index is 0.0224. The van der Waals surface area contributed by atoms with Gasteiger partial charge in [0.1, 0.15) is 6.10 Å². The molecule has 0 amide bonds. The SMILES string of the molecule is CC(=O)O[C@@H](C[C@@H](CO)c1ccccc1)c1ccccc1. The predicted octanol–water partition coefficient (Wildman–Crippen LogP) is 3.46. The van der Waals surface area contributed by atoms with Crippen LogP contribution in [0.3, 0.4) is 0 Å². The van der Waals surface area contributed by atoms with Gasteiger partial charge in [0.05, 0.1) is 6.61 Å². The highest BCUT2D eigenvalue weighted by molar-refractivity contribution is 5.66. The monoisotopic (exact) mass is 284 g/mol. The second-order valence-corrected chi connectivity index (χ2v) is 5.03. The van der Waals surface area contributed by atoms with Crippen molar-refractivity contribution < 1.29 is 14.6 Å². The Balaban J connectivity index is 2.19. The van der Waals surface area contributed by atoms with Crippen molar-refractivity contribution in [3.63, 3.8) is 0 Å². The predicted molar refractivity (Wildman–Crippen MR) is 81.8 cm³/mol. The number of aliphatic hydroxyl groups is 1. The maximum atomic E-state index is 11.3. The quantitative estimate of drug-likeness (QED) is 0.826. The summed E-state index contributed by atoms with van der Waals surface area (Å²) in [5.41, 5.74) is 2.00. The van der Waals surface area contributed by atoms with Gasteiger partial charge in [-0.3, -0.25) is 4.79 Å². The average Bonchev–Trinajstić information content (AvgIpc) is 2.52. The fourth-order valence-corrected chi connectivity index (χ4v) is 2.42. The maximum Gasteiger partial charge on any atom is 0.303 e. The van der Waals surface area contributed by atoms with Gasteiger partial charge < -0.3 is 9.84 Å². The Morgan fingerprint density at radius 1 is 1.00 bits per heavy atom. The van der Waals surface area contributed by atoms with Crippen molar-refractivity contribution in [2.45, 2.75) is 25.4 Å². The molecule has 0 saturated carbocycles. The summed E-state index contributed by atoms with van der Waals surface area (Å²) in [4.78, 5) is 11.3. The van der Waals surface area contributed by atoms with Crippen LogP contribution in [-0.4, -0.2) is 17.7 Å². The smallest absolute Gasteiger partial charge is 0.303 e. The summed E-state index contributed by atoms with van der Waals surface area (Å²) >= 11 is 0. The lowest BCUT2D eigenvalue weighted by atomic mass is 9.91. The molecule has 21 heavy (non-hydrogen) atoms. The summed E-state index contributed by atoms with van der Waals surface area (Å²) in [5.74, 6) is -0.371. The largest absolute Gasteiger partial charge is 0.458 e. The molecule has 2 aromatic carbocycles. The van der Waals surface area contributed by atoms with Crippen LogP contribution in [0.25, 0.3) is 0 Å². The Kier molecular flexibility index (Phi) is 5.52. The van der Waals surface area contributed by atoms with Crippen molar-refractivity contribution in [1.82, 2.24) is 0 Å². The van der Waals surface area contributed by atoms with E-state index in [0.717, 1.165) is 11.1 Å². The van der Waals surface area contributed by atoms with E-state index in [1.165, 1.54) is 6.92 Å². The van der Waals surface area contributed by atoms with Gasteiger partial charge in [-0.25, -0.2) is 0 Å². The molecular weight excluding hydrogens is 264 g/mol. The van der Waals surface area contributed by atoms with Crippen molar-refractivity contribution in [2.75, 3.05) is 6.61 Å². The molecule has 2 rings (SSSR count). The lowest BCUT2D eigenvalue weighted by Crippen LogP contribution is -2.15. The van der Waals surface area contributed by atoms with E-state index in [4.69, 9.17) is 4.74 Å². The van der Waals surface area contributed by atoms with Crippen molar-refractivity contribution >= 4 is 5.97 Å². The van der Waals surface area contributed by atoms with Crippen molar-refractivity contribution in [1.29, 1.82) is 0 Å². The minimum atomic E-state index is -0.346. The van der Waals surface area contributed by atoms with Gasteiger partial charge >= 0.3 is 5.97 Å². The number of ether oxygens (including phenoxy) is 1. The zero-order valence-corrected chi connectivity index (χ0v) is 12.1. The number of aliphatic hydroxyl groups excluding tert-OH is 1. The first-order valence-electron chi connectivity index (χ1n) is 7.08. The third-order valence-corrected chi connectivity index (χ3v) is 3.47. The van der Waals surface area contributed by atoms with Crippen LogP contribution in [0.15, 0.2) is 60.7 Å². The van der Waals surface area contributed by atoms with Crippen molar-refractivity contribution in [3.05, 3.63) is 71.8 Å². The van der Waals surface area contributed by atoms with Gasteiger partial charge in [0, 0.05) is 12.8 Å². The van der Waals surface area contributed by atoms with Gasteiger partial charge in [-0.05, 0) is 17.5 Å². The number of hydrogen-bond donors (Lipinski definition) is 1. The molecule has 0 radical (unpaired) electrons. The second-order valence-electron chi connectivity index (χ2n) is 5.03. The Morgan fingerprint density at radius 3 is 2.00 bits per heavy atom. The molecule has 0 heterocycles. The fourth-order valence-electron chi connectivity index (χ4n) is 2.42. The van der Waals surface area contributed by atoms with Crippen molar-refractivity contribution in [2.24, 2.45) is 0 Å². The van der Waals surface area contributed by atoms with Gasteiger partial charge in [-0.2, -0.15) is 0 Å². The Bertz CT molecular complexity index is 551. The van der Waals surface area contributed by atoms with E-state index in [1.807, 2.05) is 60.7 Å². The van der Waals surface area contributed by atoms with E-state index in [-0.39, 0.29) is 24.6 Å². The van der Waals surface area contributed by atoms with E-state index in [1.54, 1.807) is 0 Å². The molecule has 1 N–H and O–H groups in total. The molecule has 0 aromatic heterocycles. The molecule has 0 fully saturated rings. The standard InChI is InChI=1S/C18H20O3/c1-14(20)21-18(16-10-6-3-7-11-16)12-17(13-19)15-8-4-2-5-9-15/h2-11,17-19H,12-13H2,1H3/t17-,18-/m0/s1. The third kappa shape index (κ3) is 4.43. The van der Waals surface area contributed by atoms with Crippen LogP contribution in [0.2, 0.25) is 0 Å². The van der Waals surface area contributed by atoms with Crippen molar-refractivity contribution in [3.8, 4) is 0 Å². The van der Waals surface area contributed by atoms with Crippen LogP contribution in [-0.2, 0) is 9.53 Å². The average molecular weight is 284 g/mol. The molecule has 0 unspecified atom stereocenters. The highest BCUT2D eigenvalue weighted by Crippen LogP contribution is 2.30. The summed E-state index contributed by atoms with van der Waals surface area (Å²) in [6.07, 6.45) is 0.213. The van der Waals surface area contributed by atoms with Gasteiger partial charge in [-0.1, -0.05) is 60.7 Å². The number of esters is 1. The number of carbonyl (C=O) groups is 1. The van der Waals surface area contributed by atoms with Crippen LogP contribution < -0.4 is 0 Å². The van der Waals surface area contributed by atoms with E-state index in [0.29, 0.717) is 6.42 Å². The first-order valence-corrected chi connectivity index (χ1v) is 7.08. The summed E-state index contributed by atoms with van der Waals surface area (Å²) in [7, 11) is 0. The van der Waals surface area contributed by atoms with E-state index >= 15 is 0 Å². The molecule has 0 bridgehead atoms. The lowest BCUT2D eigenvalue weighted by molar-refractivity contribution is -0.147. The maximum absolute atomic E-state index is 11.3. The van der Waals surface area contributed by atoms with Gasteiger partial charge in [0.2, 0.25) is 0 Å². The van der Waals surface area contributed by atoms with E-state index < -0.39 is 0 Å². The molecule has 2 atom stereocenters. The normalized spacial score (nSPS) is 13.4. The first-order chi connectivity index (χ1) is 10.2. The third-order valence-electron chi connectivity index (χ3n) is 3.47. The number of rotatable bonds is 6. The molecule has 0 saturated heterocycles. The second kappa shape index (κ2) is 7.60. The van der Waals surface area contributed by atoms with E-state index in [2.05, 4.69) is 0 Å². The molecule has 110 valence electrons. The zero-order chi connectivity index (χ0) is 15.1. The molecule has 3 heteroatoms. The molecule has 0 aliphatic heterocycles. The molecule has 0 spiro atoms. The van der Waals surface area contributed by atoms with Crippen LogP contribution in [0.1, 0.15) is 36.5 Å². The number of hydrogen-bond acceptors (Lipinski definition) is 3. The van der Waals surface area contributed by atoms with Gasteiger partial charge in [0.15, 0.2) is 0 Å². The zero-order valence-electron chi connectivity index (χ0n) is 12.1. The Hall–Kier alpha value is -2.13.